The van der Waals surface area contributed by atoms with Gasteiger partial charge in [-0.2, -0.15) is 0 Å². The van der Waals surface area contributed by atoms with Crippen molar-refractivity contribution in [2.75, 3.05) is 13.1 Å². The first-order chi connectivity index (χ1) is 18.4. The lowest BCUT2D eigenvalue weighted by molar-refractivity contribution is -0.124. The van der Waals surface area contributed by atoms with Crippen molar-refractivity contribution in [3.05, 3.63) is 84.1 Å². The highest BCUT2D eigenvalue weighted by Crippen LogP contribution is 2.20. The number of allylic oxidation sites excluding steroid dienone is 1. The van der Waals surface area contributed by atoms with Gasteiger partial charge in [0.1, 0.15) is 23.1 Å². The number of nitrogens with zero attached hydrogens (tertiary/aromatic N) is 2. The summed E-state index contributed by atoms with van der Waals surface area (Å²) in [6, 6.07) is 17.8. The molecular formula is C33H45N3O3. The first-order valence-corrected chi connectivity index (χ1v) is 13.0. The minimum atomic E-state index is -0.0168. The number of rotatable bonds is 4. The Bertz CT molecular complexity index is 1150. The lowest BCUT2D eigenvalue weighted by Crippen LogP contribution is -2.26. The van der Waals surface area contributed by atoms with Gasteiger partial charge < -0.3 is 20.2 Å². The predicted octanol–water partition coefficient (Wildman–Crippen LogP) is 7.10. The van der Waals surface area contributed by atoms with Gasteiger partial charge in [0.05, 0.1) is 0 Å². The Labute approximate surface area is 235 Å². The standard InChI is InChI=1S/C13H12O.C9H13NO.C8H14N2.C3H6O/c1-11-7-9-13(10-8-11)14-12-5-3-2-4-6-12;1-3-4-9(11)10-6-5-8(2)7-10;1-5-10-8(9)7(4)6(2)3;1-3(2)4/h2-10H,1H3;8H,5-7H2,1-2H3;5H,1H2,2-4H3,(H2,9,10);1-2H3. The van der Waals surface area contributed by atoms with Gasteiger partial charge >= 0.3 is 0 Å². The topological polar surface area (TPSA) is 85.0 Å². The molecule has 1 atom stereocenters. The number of ether oxygens (including phenoxy) is 1. The zero-order valence-corrected chi connectivity index (χ0v) is 24.9. The molecule has 39 heavy (non-hydrogen) atoms. The number of aryl methyl sites for hydroxylation is 1. The number of nitrogens with two attached hydrogens (primary N) is 1. The molecule has 1 amide bonds. The summed E-state index contributed by atoms with van der Waals surface area (Å²) in [5.41, 5.74) is 9.00. The largest absolute Gasteiger partial charge is 0.457 e. The van der Waals surface area contributed by atoms with Crippen LogP contribution in [-0.2, 0) is 9.59 Å². The van der Waals surface area contributed by atoms with Gasteiger partial charge in [-0.25, -0.2) is 4.99 Å². The number of carbonyl (C=O) groups excluding carboxylic acids is 2. The second kappa shape index (κ2) is 19.9. The molecule has 6 nitrogen and oxygen atoms in total. The molecule has 2 aromatic carbocycles. The van der Waals surface area contributed by atoms with Gasteiger partial charge in [-0.05, 0) is 96.6 Å². The number of amides is 1. The van der Waals surface area contributed by atoms with E-state index in [1.54, 1.807) is 6.92 Å². The second-order valence-electron chi connectivity index (χ2n) is 9.48. The Kier molecular flexibility index (Phi) is 17.8. The zero-order valence-electron chi connectivity index (χ0n) is 24.9. The summed E-state index contributed by atoms with van der Waals surface area (Å²) in [6.45, 7) is 20.1. The molecule has 3 rings (SSSR count). The van der Waals surface area contributed by atoms with E-state index in [9.17, 15) is 9.59 Å². The number of amidine groups is 1. The Balaban J connectivity index is 0.000000528. The summed E-state index contributed by atoms with van der Waals surface area (Å²) in [4.78, 5) is 26.3. The molecule has 2 N–H and O–H groups in total. The van der Waals surface area contributed by atoms with Gasteiger partial charge in [-0.3, -0.25) is 4.79 Å². The fourth-order valence-corrected chi connectivity index (χ4v) is 2.99. The van der Waals surface area contributed by atoms with Crippen LogP contribution in [0.2, 0.25) is 0 Å². The van der Waals surface area contributed by atoms with E-state index in [1.165, 1.54) is 31.2 Å². The summed E-state index contributed by atoms with van der Waals surface area (Å²) in [5, 5.41) is 0. The van der Waals surface area contributed by atoms with E-state index in [0.717, 1.165) is 36.6 Å². The molecule has 0 spiro atoms. The van der Waals surface area contributed by atoms with E-state index in [0.29, 0.717) is 11.8 Å². The number of carbonyl (C=O) groups is 2. The summed E-state index contributed by atoms with van der Waals surface area (Å²) < 4.78 is 5.63. The highest BCUT2D eigenvalue weighted by molar-refractivity contribution is 5.97. The molecule has 0 aromatic heterocycles. The Morgan fingerprint density at radius 1 is 1.03 bits per heavy atom. The van der Waals surface area contributed by atoms with Gasteiger partial charge in [0.25, 0.3) is 5.91 Å². The monoisotopic (exact) mass is 531 g/mol. The molecule has 1 aliphatic heterocycles. The predicted molar refractivity (Wildman–Crippen MR) is 164 cm³/mol. The van der Waals surface area contributed by atoms with E-state index < -0.39 is 0 Å². The van der Waals surface area contributed by atoms with Crippen molar-refractivity contribution < 1.29 is 14.3 Å². The third-order valence-corrected chi connectivity index (χ3v) is 5.31. The average molecular weight is 532 g/mol. The number of ketones is 1. The third-order valence-electron chi connectivity index (χ3n) is 5.31. The second-order valence-corrected chi connectivity index (χ2v) is 9.48. The van der Waals surface area contributed by atoms with Gasteiger partial charge in [0.15, 0.2) is 0 Å². The van der Waals surface area contributed by atoms with E-state index in [-0.39, 0.29) is 11.7 Å². The first kappa shape index (κ1) is 34.9. The molecule has 1 saturated heterocycles. The molecule has 1 unspecified atom stereocenters. The van der Waals surface area contributed by atoms with Gasteiger partial charge in [-0.15, -0.1) is 0 Å². The maximum Gasteiger partial charge on any atom is 0.298 e. The highest BCUT2D eigenvalue weighted by atomic mass is 16.5. The summed E-state index contributed by atoms with van der Waals surface area (Å²) in [6.07, 6.45) is 2.57. The first-order valence-electron chi connectivity index (χ1n) is 13.0. The third kappa shape index (κ3) is 17.1. The van der Waals surface area contributed by atoms with E-state index >= 15 is 0 Å². The molecule has 0 saturated carbocycles. The maximum absolute atomic E-state index is 11.1. The van der Waals surface area contributed by atoms with Crippen molar-refractivity contribution in [3.63, 3.8) is 0 Å². The Morgan fingerprint density at radius 3 is 2.00 bits per heavy atom. The van der Waals surface area contributed by atoms with Crippen molar-refractivity contribution in [1.29, 1.82) is 0 Å². The van der Waals surface area contributed by atoms with E-state index in [4.69, 9.17) is 10.5 Å². The van der Waals surface area contributed by atoms with Crippen LogP contribution in [0.1, 0.15) is 60.5 Å². The number of aliphatic imine (C=N–C) groups is 1. The van der Waals surface area contributed by atoms with Crippen LogP contribution in [0.3, 0.4) is 0 Å². The molecule has 1 heterocycles. The van der Waals surface area contributed by atoms with Gasteiger partial charge in [-0.1, -0.05) is 60.9 Å². The van der Waals surface area contributed by atoms with Crippen molar-refractivity contribution in [2.24, 2.45) is 16.6 Å². The minimum Gasteiger partial charge on any atom is -0.457 e. The molecule has 2 aromatic rings. The summed E-state index contributed by atoms with van der Waals surface area (Å²) >= 11 is 0. The van der Waals surface area contributed by atoms with Crippen LogP contribution >= 0.6 is 0 Å². The van der Waals surface area contributed by atoms with Gasteiger partial charge in [0.2, 0.25) is 0 Å². The Hall–Kier alpha value is -4.11. The molecule has 1 fully saturated rings. The van der Waals surface area contributed by atoms with Gasteiger partial charge in [0, 0.05) is 19.3 Å². The van der Waals surface area contributed by atoms with E-state index in [1.807, 2.05) is 80.3 Å². The van der Waals surface area contributed by atoms with Crippen LogP contribution in [-0.4, -0.2) is 35.5 Å². The number of hydrogen-bond donors (Lipinski definition) is 1. The van der Waals surface area contributed by atoms with Crippen molar-refractivity contribution in [1.82, 2.24) is 4.90 Å². The number of hydrogen-bond acceptors (Lipinski definition) is 4. The SMILES string of the molecule is C=CN=C(N)C(C)=C(C)C.CC#CC(=O)N1CCC(C)C1.CC(C)=O.Cc1ccc(Oc2ccccc2)cc1. The fourth-order valence-electron chi connectivity index (χ4n) is 2.99. The van der Waals surface area contributed by atoms with E-state index in [2.05, 4.69) is 37.3 Å². The van der Waals surface area contributed by atoms with Crippen molar-refractivity contribution in [2.45, 2.75) is 61.8 Å². The highest BCUT2D eigenvalue weighted by Gasteiger charge is 2.21. The smallest absolute Gasteiger partial charge is 0.298 e. The van der Waals surface area contributed by atoms with Crippen molar-refractivity contribution in [3.8, 4) is 23.3 Å². The molecule has 0 aliphatic carbocycles. The normalized spacial score (nSPS) is 13.4. The number of Topliss-reactive ketones (excluding diaryl/α,β-unsaturated/α-hetero) is 1. The lowest BCUT2D eigenvalue weighted by atomic mass is 10.2. The average Bonchev–Trinajstić information content (AvgIpc) is 3.33. The van der Waals surface area contributed by atoms with Crippen LogP contribution in [0.4, 0.5) is 0 Å². The van der Waals surface area contributed by atoms with Crippen LogP contribution < -0.4 is 10.5 Å². The quantitative estimate of drug-likeness (QED) is 0.259. The number of benzene rings is 2. The fraction of sp³-hybridized carbons (Fsp3) is 0.364. The number of likely N-dealkylation sites (tertiary alicyclic amines) is 1. The molecule has 210 valence electrons. The maximum atomic E-state index is 11.1. The minimum absolute atomic E-state index is 0.0168. The molecular weight excluding hydrogens is 486 g/mol. The van der Waals surface area contributed by atoms with Crippen LogP contribution in [0.25, 0.3) is 0 Å². The molecule has 6 heteroatoms. The zero-order chi connectivity index (χ0) is 29.8. The molecule has 1 aliphatic rings. The summed E-state index contributed by atoms with van der Waals surface area (Å²) in [5.74, 6) is 8.26. The summed E-state index contributed by atoms with van der Waals surface area (Å²) in [7, 11) is 0. The molecule has 0 radical (unpaired) electrons. The van der Waals surface area contributed by atoms with Crippen LogP contribution in [0.15, 0.2) is 83.5 Å². The molecule has 0 bridgehead atoms. The Morgan fingerprint density at radius 2 is 1.56 bits per heavy atom. The lowest BCUT2D eigenvalue weighted by Gasteiger charge is -2.10. The van der Waals surface area contributed by atoms with Crippen molar-refractivity contribution >= 4 is 17.5 Å². The van der Waals surface area contributed by atoms with Crippen LogP contribution in [0, 0.1) is 24.7 Å². The van der Waals surface area contributed by atoms with Crippen LogP contribution in [0.5, 0.6) is 11.5 Å². The number of para-hydroxylation sites is 1.